The fourth-order valence-corrected chi connectivity index (χ4v) is 2.92. The Morgan fingerprint density at radius 3 is 2.87 bits per heavy atom. The van der Waals surface area contributed by atoms with E-state index in [9.17, 15) is 0 Å². The van der Waals surface area contributed by atoms with Crippen molar-refractivity contribution in [2.24, 2.45) is 5.92 Å². The van der Waals surface area contributed by atoms with E-state index in [-0.39, 0.29) is 0 Å². The summed E-state index contributed by atoms with van der Waals surface area (Å²) in [5.41, 5.74) is 0. The number of thiol groups is 1. The fraction of sp³-hybridized carbons (Fsp3) is 0.636. The van der Waals surface area contributed by atoms with Crippen LogP contribution in [0.4, 0.5) is 0 Å². The van der Waals surface area contributed by atoms with Crippen LogP contribution in [0.2, 0.25) is 5.22 Å². The second kappa shape index (κ2) is 7.53. The molecule has 0 amide bonds. The molecule has 1 nitrogen and oxygen atoms in total. The molecule has 0 aromatic carbocycles. The highest BCUT2D eigenvalue weighted by Gasteiger charge is 2.02. The van der Waals surface area contributed by atoms with Crippen molar-refractivity contribution in [3.8, 4) is 0 Å². The number of rotatable bonds is 7. The summed E-state index contributed by atoms with van der Waals surface area (Å²) < 4.78 is 5.27. The Morgan fingerprint density at radius 2 is 2.27 bits per heavy atom. The van der Waals surface area contributed by atoms with Crippen LogP contribution in [0, 0.1) is 5.92 Å². The van der Waals surface area contributed by atoms with E-state index < -0.39 is 0 Å². The normalized spacial score (nSPS) is 13.0. The summed E-state index contributed by atoms with van der Waals surface area (Å²) in [6.45, 7) is 2.28. The maximum atomic E-state index is 5.68. The van der Waals surface area contributed by atoms with Gasteiger partial charge < -0.3 is 4.42 Å². The van der Waals surface area contributed by atoms with Crippen molar-refractivity contribution < 1.29 is 4.42 Å². The minimum atomic E-state index is 0.481. The van der Waals surface area contributed by atoms with E-state index in [0.29, 0.717) is 5.22 Å². The van der Waals surface area contributed by atoms with Crippen LogP contribution in [0.25, 0.3) is 0 Å². The molecular formula is C11H17ClOS2. The van der Waals surface area contributed by atoms with Crippen LogP contribution in [0.3, 0.4) is 0 Å². The van der Waals surface area contributed by atoms with Gasteiger partial charge in [0.25, 0.3) is 0 Å². The number of hydrogen-bond donors (Lipinski definition) is 1. The first-order valence-corrected chi connectivity index (χ1v) is 7.31. The molecule has 1 heterocycles. The molecule has 86 valence electrons. The third-order valence-corrected chi connectivity index (χ3v) is 3.72. The minimum Gasteiger partial charge on any atom is -0.449 e. The van der Waals surface area contributed by atoms with Crippen LogP contribution in [0.1, 0.15) is 25.5 Å². The molecule has 1 rings (SSSR count). The zero-order valence-electron chi connectivity index (χ0n) is 8.91. The predicted octanol–water partition coefficient (Wildman–Crippen LogP) is 4.51. The molecule has 0 aliphatic rings. The van der Waals surface area contributed by atoms with Gasteiger partial charge in [-0.05, 0) is 54.0 Å². The molecule has 1 aromatic rings. The third kappa shape index (κ3) is 5.79. The lowest BCUT2D eigenvalue weighted by atomic mass is 10.1. The molecule has 1 aromatic heterocycles. The molecule has 1 unspecified atom stereocenters. The number of thioether (sulfide) groups is 1. The van der Waals surface area contributed by atoms with Gasteiger partial charge in [-0.15, -0.1) is 0 Å². The fourth-order valence-electron chi connectivity index (χ4n) is 1.25. The largest absolute Gasteiger partial charge is 0.449 e. The third-order valence-electron chi connectivity index (χ3n) is 2.25. The van der Waals surface area contributed by atoms with Crippen LogP contribution in [-0.4, -0.2) is 11.5 Å². The molecule has 1 atom stereocenters. The molecule has 15 heavy (non-hydrogen) atoms. The Hall–Kier alpha value is 0.270. The van der Waals surface area contributed by atoms with Crippen molar-refractivity contribution in [1.29, 1.82) is 0 Å². The molecular weight excluding hydrogens is 248 g/mol. The molecule has 0 N–H and O–H groups in total. The lowest BCUT2D eigenvalue weighted by Crippen LogP contribution is -1.97. The maximum absolute atomic E-state index is 5.68. The van der Waals surface area contributed by atoms with E-state index in [4.69, 9.17) is 16.0 Å². The summed E-state index contributed by atoms with van der Waals surface area (Å²) in [5, 5.41) is 0.481. The monoisotopic (exact) mass is 264 g/mol. The average Bonchev–Trinajstić information content (AvgIpc) is 2.60. The summed E-state index contributed by atoms with van der Waals surface area (Å²) in [5.74, 6) is 4.81. The molecule has 4 heteroatoms. The van der Waals surface area contributed by atoms with E-state index in [1.54, 1.807) is 6.07 Å². The molecule has 0 spiro atoms. The van der Waals surface area contributed by atoms with Gasteiger partial charge in [0.05, 0.1) is 5.75 Å². The Labute approximate surface area is 106 Å². The topological polar surface area (TPSA) is 13.1 Å². The Kier molecular flexibility index (Phi) is 6.69. The predicted molar refractivity (Wildman–Crippen MR) is 72.1 cm³/mol. The second-order valence-corrected chi connectivity index (χ2v) is 5.59. The van der Waals surface area contributed by atoms with E-state index >= 15 is 0 Å². The molecule has 0 saturated carbocycles. The van der Waals surface area contributed by atoms with Gasteiger partial charge in [0.15, 0.2) is 5.22 Å². The number of hydrogen-bond acceptors (Lipinski definition) is 3. The Morgan fingerprint density at radius 1 is 1.47 bits per heavy atom. The SMILES string of the molecule is CC(CCS)CCSCc1ccc(Cl)o1. The Balaban J connectivity index is 2.06. The number of halogens is 1. The van der Waals surface area contributed by atoms with Gasteiger partial charge in [0, 0.05) is 0 Å². The van der Waals surface area contributed by atoms with Gasteiger partial charge in [-0.2, -0.15) is 24.4 Å². The summed E-state index contributed by atoms with van der Waals surface area (Å²) in [7, 11) is 0. The molecule has 0 bridgehead atoms. The van der Waals surface area contributed by atoms with Gasteiger partial charge in [-0.3, -0.25) is 0 Å². The van der Waals surface area contributed by atoms with Gasteiger partial charge in [-0.1, -0.05) is 6.92 Å². The first-order chi connectivity index (χ1) is 7.22. The summed E-state index contributed by atoms with van der Waals surface area (Å²) in [4.78, 5) is 0. The van der Waals surface area contributed by atoms with Gasteiger partial charge >= 0.3 is 0 Å². The van der Waals surface area contributed by atoms with Crippen molar-refractivity contribution in [1.82, 2.24) is 0 Å². The second-order valence-electron chi connectivity index (χ2n) is 3.66. The van der Waals surface area contributed by atoms with Crippen LogP contribution in [-0.2, 0) is 5.75 Å². The van der Waals surface area contributed by atoms with Crippen molar-refractivity contribution in [3.05, 3.63) is 23.1 Å². The van der Waals surface area contributed by atoms with Gasteiger partial charge in [0.2, 0.25) is 0 Å². The number of furan rings is 1. The zero-order valence-corrected chi connectivity index (χ0v) is 11.4. The molecule has 0 aliphatic heterocycles. The van der Waals surface area contributed by atoms with Gasteiger partial charge in [-0.25, -0.2) is 0 Å². The zero-order chi connectivity index (χ0) is 11.1. The first-order valence-electron chi connectivity index (χ1n) is 5.15. The lowest BCUT2D eigenvalue weighted by molar-refractivity contribution is 0.531. The van der Waals surface area contributed by atoms with Crippen molar-refractivity contribution in [2.75, 3.05) is 11.5 Å². The quantitative estimate of drug-likeness (QED) is 0.575. The Bertz CT molecular complexity index is 275. The molecule has 0 aliphatic carbocycles. The van der Waals surface area contributed by atoms with Crippen LogP contribution < -0.4 is 0 Å². The van der Waals surface area contributed by atoms with E-state index in [0.717, 1.165) is 23.2 Å². The summed E-state index contributed by atoms with van der Waals surface area (Å²) in [6, 6.07) is 3.73. The summed E-state index contributed by atoms with van der Waals surface area (Å²) in [6.07, 6.45) is 2.45. The summed E-state index contributed by atoms with van der Waals surface area (Å²) >= 11 is 11.8. The van der Waals surface area contributed by atoms with Crippen molar-refractivity contribution in [2.45, 2.75) is 25.5 Å². The minimum absolute atomic E-state index is 0.481. The first kappa shape index (κ1) is 13.3. The highest BCUT2D eigenvalue weighted by Crippen LogP contribution is 2.20. The van der Waals surface area contributed by atoms with Crippen LogP contribution in [0.15, 0.2) is 16.5 Å². The standard InChI is InChI=1S/C11H17ClOS2/c1-9(4-6-14)5-7-15-8-10-2-3-11(12)13-10/h2-3,9,14H,4-8H2,1H3. The van der Waals surface area contributed by atoms with Crippen molar-refractivity contribution >= 4 is 36.0 Å². The average molecular weight is 265 g/mol. The van der Waals surface area contributed by atoms with Crippen LogP contribution in [0.5, 0.6) is 0 Å². The molecule has 0 radical (unpaired) electrons. The van der Waals surface area contributed by atoms with E-state index in [1.807, 2.05) is 17.8 Å². The van der Waals surface area contributed by atoms with E-state index in [2.05, 4.69) is 19.6 Å². The maximum Gasteiger partial charge on any atom is 0.193 e. The van der Waals surface area contributed by atoms with E-state index in [1.165, 1.54) is 18.6 Å². The highest BCUT2D eigenvalue weighted by atomic mass is 35.5. The highest BCUT2D eigenvalue weighted by molar-refractivity contribution is 7.98. The molecule has 0 saturated heterocycles. The van der Waals surface area contributed by atoms with Crippen molar-refractivity contribution in [3.63, 3.8) is 0 Å². The smallest absolute Gasteiger partial charge is 0.193 e. The molecule has 0 fully saturated rings. The lowest BCUT2D eigenvalue weighted by Gasteiger charge is -2.08. The van der Waals surface area contributed by atoms with Crippen LogP contribution >= 0.6 is 36.0 Å². The van der Waals surface area contributed by atoms with Gasteiger partial charge in [0.1, 0.15) is 5.76 Å².